The molecule has 2 rings (SSSR count). The van der Waals surface area contributed by atoms with Crippen LogP contribution in [0.3, 0.4) is 0 Å². The summed E-state index contributed by atoms with van der Waals surface area (Å²) in [5.41, 5.74) is 1.06. The minimum Gasteiger partial charge on any atom is -0.497 e. The highest BCUT2D eigenvalue weighted by Crippen LogP contribution is 2.31. The van der Waals surface area contributed by atoms with Crippen molar-refractivity contribution in [2.45, 2.75) is 19.3 Å². The highest BCUT2D eigenvalue weighted by molar-refractivity contribution is 5.94. The fraction of sp³-hybridized carbons (Fsp3) is 0.500. The fourth-order valence-electron chi connectivity index (χ4n) is 2.30. The monoisotopic (exact) mass is 249 g/mol. The molecule has 0 radical (unpaired) electrons. The summed E-state index contributed by atoms with van der Waals surface area (Å²) in [6, 6.07) is 5.08. The molecule has 1 fully saturated rings. The van der Waals surface area contributed by atoms with Crippen LogP contribution in [0.1, 0.15) is 29.6 Å². The Balaban J connectivity index is 2.23. The van der Waals surface area contributed by atoms with E-state index in [0.717, 1.165) is 12.2 Å². The second-order valence-electron chi connectivity index (χ2n) is 4.87. The average molecular weight is 249 g/mol. The average Bonchev–Trinajstić information content (AvgIpc) is 2.32. The largest absolute Gasteiger partial charge is 0.497 e. The van der Waals surface area contributed by atoms with Gasteiger partial charge in [-0.1, -0.05) is 6.42 Å². The molecule has 4 heteroatoms. The van der Waals surface area contributed by atoms with E-state index in [4.69, 9.17) is 4.74 Å². The number of aromatic carboxylic acids is 1. The van der Waals surface area contributed by atoms with E-state index in [9.17, 15) is 9.90 Å². The van der Waals surface area contributed by atoms with Crippen molar-refractivity contribution in [3.63, 3.8) is 0 Å². The Morgan fingerprint density at radius 3 is 2.72 bits per heavy atom. The highest BCUT2D eigenvalue weighted by atomic mass is 16.5. The molecule has 18 heavy (non-hydrogen) atoms. The predicted molar refractivity (Wildman–Crippen MR) is 70.6 cm³/mol. The van der Waals surface area contributed by atoms with Gasteiger partial charge in [-0.05, 0) is 30.9 Å². The zero-order valence-corrected chi connectivity index (χ0v) is 10.8. The number of carboxylic acid groups (broad SMARTS) is 1. The molecule has 0 saturated heterocycles. The number of benzene rings is 1. The van der Waals surface area contributed by atoms with Crippen LogP contribution in [0.25, 0.3) is 0 Å². The topological polar surface area (TPSA) is 49.8 Å². The SMILES string of the molecule is COc1ccc(C(=O)O)c(N(C)CC2CCC2)c1. The van der Waals surface area contributed by atoms with Crippen LogP contribution in [-0.2, 0) is 0 Å². The van der Waals surface area contributed by atoms with Crippen molar-refractivity contribution in [3.05, 3.63) is 23.8 Å². The molecule has 1 aromatic rings. The fourth-order valence-corrected chi connectivity index (χ4v) is 2.30. The zero-order valence-electron chi connectivity index (χ0n) is 10.8. The van der Waals surface area contributed by atoms with Gasteiger partial charge in [0, 0.05) is 19.7 Å². The maximum absolute atomic E-state index is 11.2. The first-order valence-electron chi connectivity index (χ1n) is 6.24. The molecule has 0 bridgehead atoms. The molecular formula is C14H19NO3. The predicted octanol–water partition coefficient (Wildman–Crippen LogP) is 2.63. The van der Waals surface area contributed by atoms with E-state index < -0.39 is 5.97 Å². The number of anilines is 1. The Labute approximate surface area is 107 Å². The van der Waals surface area contributed by atoms with Crippen LogP contribution in [0, 0.1) is 5.92 Å². The van der Waals surface area contributed by atoms with Crippen LogP contribution in [0.15, 0.2) is 18.2 Å². The molecule has 0 unspecified atom stereocenters. The smallest absolute Gasteiger partial charge is 0.337 e. The molecule has 0 spiro atoms. The van der Waals surface area contributed by atoms with Crippen LogP contribution in [-0.4, -0.2) is 31.8 Å². The first kappa shape index (κ1) is 12.7. The number of carboxylic acids is 1. The molecule has 0 amide bonds. The lowest BCUT2D eigenvalue weighted by atomic mass is 9.85. The summed E-state index contributed by atoms with van der Waals surface area (Å²) in [7, 11) is 3.53. The van der Waals surface area contributed by atoms with Crippen molar-refractivity contribution in [1.29, 1.82) is 0 Å². The van der Waals surface area contributed by atoms with E-state index in [1.165, 1.54) is 19.3 Å². The molecule has 1 N–H and O–H groups in total. The molecule has 0 heterocycles. The zero-order chi connectivity index (χ0) is 13.1. The van der Waals surface area contributed by atoms with Gasteiger partial charge in [0.15, 0.2) is 0 Å². The Morgan fingerprint density at radius 1 is 1.50 bits per heavy atom. The third-order valence-electron chi connectivity index (χ3n) is 3.60. The summed E-state index contributed by atoms with van der Waals surface area (Å²) in [5.74, 6) is 0.492. The van der Waals surface area contributed by atoms with E-state index >= 15 is 0 Å². The van der Waals surface area contributed by atoms with E-state index in [2.05, 4.69) is 0 Å². The Morgan fingerprint density at radius 2 is 2.22 bits per heavy atom. The van der Waals surface area contributed by atoms with E-state index in [1.54, 1.807) is 25.3 Å². The lowest BCUT2D eigenvalue weighted by molar-refractivity contribution is 0.0697. The molecule has 1 aromatic carbocycles. The van der Waals surface area contributed by atoms with Gasteiger partial charge in [0.1, 0.15) is 5.75 Å². The van der Waals surface area contributed by atoms with E-state index in [0.29, 0.717) is 17.2 Å². The second-order valence-corrected chi connectivity index (χ2v) is 4.87. The quantitative estimate of drug-likeness (QED) is 0.871. The molecule has 0 atom stereocenters. The van der Waals surface area contributed by atoms with Gasteiger partial charge >= 0.3 is 5.97 Å². The van der Waals surface area contributed by atoms with Crippen molar-refractivity contribution in [2.75, 3.05) is 25.6 Å². The lowest BCUT2D eigenvalue weighted by Gasteiger charge is -2.32. The van der Waals surface area contributed by atoms with Crippen LogP contribution < -0.4 is 9.64 Å². The first-order valence-corrected chi connectivity index (χ1v) is 6.24. The molecule has 98 valence electrons. The van der Waals surface area contributed by atoms with E-state index in [-0.39, 0.29) is 0 Å². The van der Waals surface area contributed by atoms with Crippen molar-refractivity contribution in [3.8, 4) is 5.75 Å². The molecule has 1 aliphatic rings. The maximum atomic E-state index is 11.2. The molecular weight excluding hydrogens is 230 g/mol. The maximum Gasteiger partial charge on any atom is 0.337 e. The molecule has 0 aliphatic heterocycles. The Hall–Kier alpha value is -1.71. The number of methoxy groups -OCH3 is 1. The molecule has 1 aliphatic carbocycles. The van der Waals surface area contributed by atoms with Crippen molar-refractivity contribution < 1.29 is 14.6 Å². The minimum atomic E-state index is -0.895. The highest BCUT2D eigenvalue weighted by Gasteiger charge is 2.21. The van der Waals surface area contributed by atoms with Gasteiger partial charge in [-0.25, -0.2) is 4.79 Å². The Kier molecular flexibility index (Phi) is 3.75. The number of rotatable bonds is 5. The molecule has 4 nitrogen and oxygen atoms in total. The summed E-state index contributed by atoms with van der Waals surface area (Å²) >= 11 is 0. The van der Waals surface area contributed by atoms with Gasteiger partial charge in [0.2, 0.25) is 0 Å². The van der Waals surface area contributed by atoms with Crippen LogP contribution in [0.2, 0.25) is 0 Å². The number of hydrogen-bond acceptors (Lipinski definition) is 3. The van der Waals surface area contributed by atoms with Crippen molar-refractivity contribution in [2.24, 2.45) is 5.92 Å². The number of nitrogens with zero attached hydrogens (tertiary/aromatic N) is 1. The van der Waals surface area contributed by atoms with Gasteiger partial charge in [-0.3, -0.25) is 0 Å². The van der Waals surface area contributed by atoms with Crippen molar-refractivity contribution in [1.82, 2.24) is 0 Å². The third kappa shape index (κ3) is 2.58. The first-order chi connectivity index (χ1) is 8.61. The van der Waals surface area contributed by atoms with Gasteiger partial charge in [-0.15, -0.1) is 0 Å². The summed E-state index contributed by atoms with van der Waals surface area (Å²) in [6.45, 7) is 0.910. The van der Waals surface area contributed by atoms with Gasteiger partial charge in [-0.2, -0.15) is 0 Å². The molecule has 0 aromatic heterocycles. The van der Waals surface area contributed by atoms with Gasteiger partial charge < -0.3 is 14.7 Å². The summed E-state index contributed by atoms with van der Waals surface area (Å²) in [5, 5.41) is 9.22. The van der Waals surface area contributed by atoms with Gasteiger partial charge in [0.05, 0.1) is 18.4 Å². The lowest BCUT2D eigenvalue weighted by Crippen LogP contribution is -2.30. The van der Waals surface area contributed by atoms with E-state index in [1.807, 2.05) is 11.9 Å². The number of carbonyl (C=O) groups is 1. The Bertz CT molecular complexity index is 441. The summed E-state index contributed by atoms with van der Waals surface area (Å²) in [4.78, 5) is 13.3. The third-order valence-corrected chi connectivity index (χ3v) is 3.60. The second kappa shape index (κ2) is 5.29. The summed E-state index contributed by atoms with van der Waals surface area (Å²) in [6.07, 6.45) is 3.79. The molecule has 1 saturated carbocycles. The van der Waals surface area contributed by atoms with Gasteiger partial charge in [0.25, 0.3) is 0 Å². The normalized spacial score (nSPS) is 15.0. The standard InChI is InChI=1S/C14H19NO3/c1-15(9-10-4-3-5-10)13-8-11(18-2)6-7-12(13)14(16)17/h6-8,10H,3-5,9H2,1-2H3,(H,16,17). The number of hydrogen-bond donors (Lipinski definition) is 1. The van der Waals surface area contributed by atoms with Crippen LogP contribution >= 0.6 is 0 Å². The van der Waals surface area contributed by atoms with Crippen LogP contribution in [0.5, 0.6) is 5.75 Å². The van der Waals surface area contributed by atoms with Crippen molar-refractivity contribution >= 4 is 11.7 Å². The minimum absolute atomic E-state index is 0.331. The summed E-state index contributed by atoms with van der Waals surface area (Å²) < 4.78 is 5.17. The van der Waals surface area contributed by atoms with Crippen LogP contribution in [0.4, 0.5) is 5.69 Å². The number of ether oxygens (including phenoxy) is 1.